The highest BCUT2D eigenvalue weighted by atomic mass is 19.1. The van der Waals surface area contributed by atoms with Gasteiger partial charge in [0.2, 0.25) is 0 Å². The molecule has 230 valence electrons. The van der Waals surface area contributed by atoms with Crippen LogP contribution in [-0.4, -0.2) is 76.6 Å². The summed E-state index contributed by atoms with van der Waals surface area (Å²) in [6.45, 7) is 4.91. The standard InChI is InChI=1S/C34H36F3N5O2/c1-2-24-28(36)7-4-19-10-23(43)11-26(31(19)24)25-13-30-27(12-29(25)37)32(41-16-21-5-6-22(17-41)38-21)40-33(39-30)44-18-34-8-3-9-42(34)15-20(35)14-34/h4,7,10-13,20-22,38,43H,2-3,5-6,8-9,14-18H2,1H3/t20-,21?,22?,34+/m1/s1. The lowest BCUT2D eigenvalue weighted by Gasteiger charge is -2.34. The summed E-state index contributed by atoms with van der Waals surface area (Å²) in [5.41, 5.74) is 1.21. The number of anilines is 1. The van der Waals surface area contributed by atoms with Crippen molar-refractivity contribution in [3.63, 3.8) is 0 Å². The fourth-order valence-electron chi connectivity index (χ4n) is 8.30. The van der Waals surface area contributed by atoms with E-state index in [1.54, 1.807) is 18.2 Å². The van der Waals surface area contributed by atoms with Gasteiger partial charge in [0.1, 0.15) is 36.0 Å². The molecule has 4 aromatic rings. The van der Waals surface area contributed by atoms with Crippen LogP contribution in [0.2, 0.25) is 0 Å². The summed E-state index contributed by atoms with van der Waals surface area (Å²) in [5, 5.41) is 16.0. The van der Waals surface area contributed by atoms with E-state index >= 15 is 4.39 Å². The zero-order chi connectivity index (χ0) is 30.2. The Kier molecular flexibility index (Phi) is 6.64. The van der Waals surface area contributed by atoms with Crippen molar-refractivity contribution in [2.45, 2.75) is 69.2 Å². The lowest BCUT2D eigenvalue weighted by molar-refractivity contribution is 0.107. The topological polar surface area (TPSA) is 73.8 Å². The minimum Gasteiger partial charge on any atom is -0.508 e. The molecule has 0 spiro atoms. The molecule has 3 aromatic carbocycles. The van der Waals surface area contributed by atoms with E-state index < -0.39 is 12.0 Å². The summed E-state index contributed by atoms with van der Waals surface area (Å²) in [6, 6.07) is 10.00. The van der Waals surface area contributed by atoms with Crippen LogP contribution in [-0.2, 0) is 6.42 Å². The Hall–Kier alpha value is -3.63. The number of nitrogens with one attached hydrogen (secondary N) is 1. The van der Waals surface area contributed by atoms with E-state index in [0.717, 1.165) is 45.3 Å². The first-order valence-electron chi connectivity index (χ1n) is 15.8. The van der Waals surface area contributed by atoms with Gasteiger partial charge in [0.25, 0.3) is 0 Å². The number of hydrogen-bond acceptors (Lipinski definition) is 7. The molecule has 2 unspecified atom stereocenters. The van der Waals surface area contributed by atoms with E-state index in [2.05, 4.69) is 15.1 Å². The average Bonchev–Trinajstić information content (AvgIpc) is 3.65. The molecule has 4 aliphatic heterocycles. The lowest BCUT2D eigenvalue weighted by Crippen LogP contribution is -2.51. The second-order valence-electron chi connectivity index (χ2n) is 13.1. The Balaban J connectivity index is 1.27. The number of hydrogen-bond donors (Lipinski definition) is 2. The summed E-state index contributed by atoms with van der Waals surface area (Å²) < 4.78 is 51.9. The number of aromatic hydroxyl groups is 1. The van der Waals surface area contributed by atoms with Crippen LogP contribution in [0.15, 0.2) is 36.4 Å². The first kappa shape index (κ1) is 27.9. The first-order chi connectivity index (χ1) is 21.3. The smallest absolute Gasteiger partial charge is 0.319 e. The maximum atomic E-state index is 16.2. The van der Waals surface area contributed by atoms with Gasteiger partial charge in [-0.05, 0) is 90.9 Å². The van der Waals surface area contributed by atoms with Gasteiger partial charge in [-0.25, -0.2) is 13.2 Å². The van der Waals surface area contributed by atoms with Crippen LogP contribution in [0.1, 0.15) is 44.6 Å². The zero-order valence-corrected chi connectivity index (χ0v) is 24.8. The molecule has 8 rings (SSSR count). The van der Waals surface area contributed by atoms with Gasteiger partial charge in [-0.15, -0.1) is 0 Å². The fraction of sp³-hybridized carbons (Fsp3) is 0.471. The minimum absolute atomic E-state index is 0.0348. The minimum atomic E-state index is -0.871. The third-order valence-corrected chi connectivity index (χ3v) is 10.3. The van der Waals surface area contributed by atoms with Gasteiger partial charge in [0.15, 0.2) is 0 Å². The van der Waals surface area contributed by atoms with Crippen molar-refractivity contribution in [1.29, 1.82) is 0 Å². The molecule has 0 aliphatic carbocycles. The molecule has 4 saturated heterocycles. The summed E-state index contributed by atoms with van der Waals surface area (Å²) in [5.74, 6) is -0.296. The Bertz CT molecular complexity index is 1770. The quantitative estimate of drug-likeness (QED) is 0.285. The van der Waals surface area contributed by atoms with Crippen LogP contribution in [0.4, 0.5) is 19.0 Å². The van der Waals surface area contributed by atoms with E-state index in [9.17, 15) is 13.9 Å². The van der Waals surface area contributed by atoms with Crippen molar-refractivity contribution >= 4 is 27.5 Å². The Morgan fingerprint density at radius 1 is 1.02 bits per heavy atom. The summed E-state index contributed by atoms with van der Waals surface area (Å²) in [6.07, 6.45) is 4.00. The molecule has 1 aromatic heterocycles. The number of rotatable bonds is 6. The van der Waals surface area contributed by atoms with E-state index in [-0.39, 0.29) is 35.3 Å². The van der Waals surface area contributed by atoms with Gasteiger partial charge in [0, 0.05) is 49.1 Å². The molecule has 0 amide bonds. The van der Waals surface area contributed by atoms with Crippen molar-refractivity contribution in [1.82, 2.24) is 20.2 Å². The molecule has 0 radical (unpaired) electrons. The van der Waals surface area contributed by atoms with Crippen LogP contribution in [0.3, 0.4) is 0 Å². The first-order valence-corrected chi connectivity index (χ1v) is 15.8. The molecule has 44 heavy (non-hydrogen) atoms. The number of phenolic OH excluding ortho intramolecular Hbond substituents is 1. The van der Waals surface area contributed by atoms with E-state index in [0.29, 0.717) is 70.1 Å². The number of phenols is 1. The third kappa shape index (κ3) is 4.56. The average molecular weight is 604 g/mol. The molecule has 5 heterocycles. The number of alkyl halides is 1. The molecular weight excluding hydrogens is 567 g/mol. The lowest BCUT2D eigenvalue weighted by atomic mass is 9.92. The summed E-state index contributed by atoms with van der Waals surface area (Å²) >= 11 is 0. The SMILES string of the molecule is CCc1c(F)ccc2cc(O)cc(-c3cc4nc(OC[C@@]56CCCN5C[C@H](F)C6)nc(N5CC6CCC(C5)N6)c4cc3F)c12. The Morgan fingerprint density at radius 3 is 2.64 bits per heavy atom. The van der Waals surface area contributed by atoms with E-state index in [1.165, 1.54) is 18.2 Å². The van der Waals surface area contributed by atoms with Crippen molar-refractivity contribution in [3.05, 3.63) is 53.6 Å². The zero-order valence-electron chi connectivity index (χ0n) is 24.8. The third-order valence-electron chi connectivity index (χ3n) is 10.3. The molecule has 10 heteroatoms. The molecule has 2 bridgehead atoms. The van der Waals surface area contributed by atoms with Crippen molar-refractivity contribution in [2.75, 3.05) is 37.7 Å². The number of nitrogens with zero attached hydrogens (tertiary/aromatic N) is 4. The monoisotopic (exact) mass is 603 g/mol. The van der Waals surface area contributed by atoms with Crippen molar-refractivity contribution < 1.29 is 23.0 Å². The molecule has 0 saturated carbocycles. The number of piperazine rings is 1. The maximum Gasteiger partial charge on any atom is 0.319 e. The number of ether oxygens (including phenoxy) is 1. The molecule has 4 fully saturated rings. The van der Waals surface area contributed by atoms with Crippen LogP contribution < -0.4 is 15.0 Å². The summed E-state index contributed by atoms with van der Waals surface area (Å²) in [7, 11) is 0. The molecule has 2 N–H and O–H groups in total. The Morgan fingerprint density at radius 2 is 1.84 bits per heavy atom. The van der Waals surface area contributed by atoms with Gasteiger partial charge in [-0.3, -0.25) is 4.90 Å². The molecule has 7 nitrogen and oxygen atoms in total. The number of benzene rings is 3. The summed E-state index contributed by atoms with van der Waals surface area (Å²) in [4.78, 5) is 14.0. The predicted molar refractivity (Wildman–Crippen MR) is 164 cm³/mol. The molecule has 4 atom stereocenters. The molecular formula is C34H36F3N5O2. The van der Waals surface area contributed by atoms with Crippen molar-refractivity contribution in [3.8, 4) is 22.9 Å². The second-order valence-corrected chi connectivity index (χ2v) is 13.1. The Labute approximate surface area is 254 Å². The van der Waals surface area contributed by atoms with Crippen LogP contribution in [0, 0.1) is 11.6 Å². The van der Waals surface area contributed by atoms with Gasteiger partial charge >= 0.3 is 6.01 Å². The van der Waals surface area contributed by atoms with Crippen LogP contribution in [0.25, 0.3) is 32.8 Å². The number of aromatic nitrogens is 2. The number of fused-ring (bicyclic) bond motifs is 5. The van der Waals surface area contributed by atoms with Gasteiger partial charge in [0.05, 0.1) is 11.1 Å². The number of aryl methyl sites for hydroxylation is 1. The maximum absolute atomic E-state index is 16.2. The van der Waals surface area contributed by atoms with E-state index in [4.69, 9.17) is 14.7 Å². The highest BCUT2D eigenvalue weighted by Crippen LogP contribution is 2.42. The molecule has 4 aliphatic rings. The van der Waals surface area contributed by atoms with E-state index in [1.807, 2.05) is 6.92 Å². The highest BCUT2D eigenvalue weighted by Gasteiger charge is 2.49. The predicted octanol–water partition coefficient (Wildman–Crippen LogP) is 5.89. The second kappa shape index (κ2) is 10.5. The number of halogens is 3. The van der Waals surface area contributed by atoms with Crippen molar-refractivity contribution in [2.24, 2.45) is 0 Å². The normalized spacial score (nSPS) is 26.6. The van der Waals surface area contributed by atoms with Gasteiger partial charge in [-0.2, -0.15) is 9.97 Å². The van der Waals surface area contributed by atoms with Crippen LogP contribution >= 0.6 is 0 Å². The van der Waals surface area contributed by atoms with Crippen LogP contribution in [0.5, 0.6) is 11.8 Å². The highest BCUT2D eigenvalue weighted by molar-refractivity contribution is 6.03. The van der Waals surface area contributed by atoms with Gasteiger partial charge in [-0.1, -0.05) is 13.0 Å². The fourth-order valence-corrected chi connectivity index (χ4v) is 8.30. The largest absolute Gasteiger partial charge is 0.508 e. The van der Waals surface area contributed by atoms with Gasteiger partial charge < -0.3 is 20.1 Å².